The fourth-order valence-electron chi connectivity index (χ4n) is 2.78. The average molecular weight is 282 g/mol. The van der Waals surface area contributed by atoms with Gasteiger partial charge in [-0.1, -0.05) is 6.07 Å². The molecule has 110 valence electrons. The van der Waals surface area contributed by atoms with Gasteiger partial charge >= 0.3 is 0 Å². The van der Waals surface area contributed by atoms with Crippen LogP contribution in [0.1, 0.15) is 31.4 Å². The minimum Gasteiger partial charge on any atom is -0.489 e. The number of nitrogens with one attached hydrogen (secondary N) is 1. The Morgan fingerprint density at radius 3 is 2.52 bits per heavy atom. The van der Waals surface area contributed by atoms with Crippen LogP contribution in [0.2, 0.25) is 0 Å². The van der Waals surface area contributed by atoms with E-state index in [4.69, 9.17) is 10.5 Å². The summed E-state index contributed by atoms with van der Waals surface area (Å²) in [5.74, 6) is 0.733. The van der Waals surface area contributed by atoms with Gasteiger partial charge < -0.3 is 15.8 Å². The van der Waals surface area contributed by atoms with E-state index < -0.39 is 0 Å². The van der Waals surface area contributed by atoms with Gasteiger partial charge in [0.1, 0.15) is 5.75 Å². The van der Waals surface area contributed by atoms with Gasteiger partial charge in [0.2, 0.25) is 0 Å². The number of aryl methyl sites for hydroxylation is 2. The number of nitrogens with two attached hydrogens (primary N) is 1. The molecule has 3 rings (SSSR count). The average Bonchev–Trinajstić information content (AvgIpc) is 2.89. The molecule has 0 atom stereocenters. The first kappa shape index (κ1) is 13.8. The molecular formula is C18H22N2O. The lowest BCUT2D eigenvalue weighted by Gasteiger charge is -2.14. The molecule has 0 bridgehead atoms. The largest absolute Gasteiger partial charge is 0.489 e. The molecule has 3 heteroatoms. The highest BCUT2D eigenvalue weighted by Crippen LogP contribution is 2.30. The van der Waals surface area contributed by atoms with E-state index in [2.05, 4.69) is 23.5 Å². The fraction of sp³-hybridized carbons (Fsp3) is 0.333. The molecule has 0 saturated carbocycles. The maximum absolute atomic E-state index is 5.95. The third kappa shape index (κ3) is 3.13. The third-order valence-electron chi connectivity index (χ3n) is 3.76. The van der Waals surface area contributed by atoms with Crippen LogP contribution in [-0.4, -0.2) is 6.10 Å². The van der Waals surface area contributed by atoms with E-state index in [1.54, 1.807) is 0 Å². The normalized spacial score (nSPS) is 13.3. The predicted octanol–water partition coefficient (Wildman–Crippen LogP) is 4.29. The molecule has 2 aromatic carbocycles. The monoisotopic (exact) mass is 282 g/mol. The second-order valence-electron chi connectivity index (χ2n) is 5.88. The molecule has 0 heterocycles. The van der Waals surface area contributed by atoms with Crippen LogP contribution in [0.5, 0.6) is 5.75 Å². The van der Waals surface area contributed by atoms with Crippen molar-refractivity contribution in [2.75, 3.05) is 11.1 Å². The van der Waals surface area contributed by atoms with Gasteiger partial charge in [-0.3, -0.25) is 0 Å². The SMILES string of the molecule is CC(C)Oc1cc(Nc2ccc3c(c2)CCC3)ccc1N. The van der Waals surface area contributed by atoms with Gasteiger partial charge in [-0.25, -0.2) is 0 Å². The van der Waals surface area contributed by atoms with Crippen molar-refractivity contribution in [3.8, 4) is 5.75 Å². The Morgan fingerprint density at radius 1 is 1.00 bits per heavy atom. The predicted molar refractivity (Wildman–Crippen MR) is 88.4 cm³/mol. The van der Waals surface area contributed by atoms with Crippen molar-refractivity contribution in [1.29, 1.82) is 0 Å². The molecule has 0 spiro atoms. The number of fused-ring (bicyclic) bond motifs is 1. The molecule has 0 amide bonds. The Kier molecular flexibility index (Phi) is 3.74. The van der Waals surface area contributed by atoms with E-state index in [0.29, 0.717) is 5.69 Å². The number of benzene rings is 2. The summed E-state index contributed by atoms with van der Waals surface area (Å²) >= 11 is 0. The number of hydrogen-bond donors (Lipinski definition) is 2. The van der Waals surface area contributed by atoms with Crippen molar-refractivity contribution in [2.24, 2.45) is 0 Å². The fourth-order valence-corrected chi connectivity index (χ4v) is 2.78. The van der Waals surface area contributed by atoms with E-state index in [1.165, 1.54) is 30.4 Å². The van der Waals surface area contributed by atoms with Crippen LogP contribution in [0.4, 0.5) is 17.1 Å². The van der Waals surface area contributed by atoms with Crippen LogP contribution in [0.3, 0.4) is 0 Å². The second kappa shape index (κ2) is 5.68. The smallest absolute Gasteiger partial charge is 0.144 e. The zero-order valence-electron chi connectivity index (χ0n) is 12.6. The number of ether oxygens (including phenoxy) is 1. The number of anilines is 3. The summed E-state index contributed by atoms with van der Waals surface area (Å²) in [7, 11) is 0. The van der Waals surface area contributed by atoms with Gasteiger partial charge in [0.05, 0.1) is 11.8 Å². The minimum atomic E-state index is 0.113. The van der Waals surface area contributed by atoms with Crippen LogP contribution in [0.15, 0.2) is 36.4 Å². The Bertz CT molecular complexity index is 650. The summed E-state index contributed by atoms with van der Waals surface area (Å²) < 4.78 is 5.73. The highest BCUT2D eigenvalue weighted by atomic mass is 16.5. The Morgan fingerprint density at radius 2 is 1.71 bits per heavy atom. The molecule has 21 heavy (non-hydrogen) atoms. The molecule has 1 aliphatic rings. The van der Waals surface area contributed by atoms with E-state index >= 15 is 0 Å². The second-order valence-corrected chi connectivity index (χ2v) is 5.88. The summed E-state index contributed by atoms with van der Waals surface area (Å²) in [5.41, 5.74) is 11.7. The van der Waals surface area contributed by atoms with Gasteiger partial charge in [0.25, 0.3) is 0 Å². The minimum absolute atomic E-state index is 0.113. The molecule has 0 aliphatic heterocycles. The number of rotatable bonds is 4. The van der Waals surface area contributed by atoms with Crippen molar-refractivity contribution in [3.05, 3.63) is 47.5 Å². The first-order chi connectivity index (χ1) is 10.1. The standard InChI is InChI=1S/C18H22N2O/c1-12(2)21-18-11-16(8-9-17(18)19)20-15-7-6-13-4-3-5-14(13)10-15/h6-12,20H,3-5,19H2,1-2H3. The van der Waals surface area contributed by atoms with Crippen molar-refractivity contribution >= 4 is 17.1 Å². The molecular weight excluding hydrogens is 260 g/mol. The van der Waals surface area contributed by atoms with Crippen LogP contribution >= 0.6 is 0 Å². The lowest BCUT2D eigenvalue weighted by molar-refractivity contribution is 0.244. The first-order valence-corrected chi connectivity index (χ1v) is 7.57. The van der Waals surface area contributed by atoms with Crippen LogP contribution in [0.25, 0.3) is 0 Å². The highest BCUT2D eigenvalue weighted by molar-refractivity contribution is 5.67. The Hall–Kier alpha value is -2.16. The van der Waals surface area contributed by atoms with Crippen LogP contribution in [-0.2, 0) is 12.8 Å². The maximum Gasteiger partial charge on any atom is 0.144 e. The zero-order valence-corrected chi connectivity index (χ0v) is 12.6. The Balaban J connectivity index is 1.81. The number of nitrogen functional groups attached to an aromatic ring is 1. The van der Waals surface area contributed by atoms with Crippen molar-refractivity contribution < 1.29 is 4.74 Å². The van der Waals surface area contributed by atoms with Crippen molar-refractivity contribution in [3.63, 3.8) is 0 Å². The van der Waals surface area contributed by atoms with Crippen molar-refractivity contribution in [2.45, 2.75) is 39.2 Å². The van der Waals surface area contributed by atoms with E-state index in [9.17, 15) is 0 Å². The topological polar surface area (TPSA) is 47.3 Å². The maximum atomic E-state index is 5.95. The number of hydrogen-bond acceptors (Lipinski definition) is 3. The molecule has 0 radical (unpaired) electrons. The van der Waals surface area contributed by atoms with Gasteiger partial charge in [0.15, 0.2) is 0 Å². The molecule has 3 nitrogen and oxygen atoms in total. The van der Waals surface area contributed by atoms with E-state index in [1.807, 2.05) is 32.0 Å². The van der Waals surface area contributed by atoms with Gasteiger partial charge in [-0.15, -0.1) is 0 Å². The molecule has 0 fully saturated rings. The van der Waals surface area contributed by atoms with Crippen LogP contribution < -0.4 is 15.8 Å². The highest BCUT2D eigenvalue weighted by Gasteiger charge is 2.11. The summed E-state index contributed by atoms with van der Waals surface area (Å²) in [6.45, 7) is 4.00. The summed E-state index contributed by atoms with van der Waals surface area (Å²) in [6, 6.07) is 12.4. The van der Waals surface area contributed by atoms with E-state index in [-0.39, 0.29) is 6.10 Å². The van der Waals surface area contributed by atoms with E-state index in [0.717, 1.165) is 17.1 Å². The van der Waals surface area contributed by atoms with Gasteiger partial charge in [0, 0.05) is 17.4 Å². The van der Waals surface area contributed by atoms with Crippen molar-refractivity contribution in [1.82, 2.24) is 0 Å². The summed E-state index contributed by atoms with van der Waals surface area (Å²) in [5, 5.41) is 3.44. The lowest BCUT2D eigenvalue weighted by atomic mass is 10.1. The molecule has 2 aromatic rings. The molecule has 1 aliphatic carbocycles. The molecule has 0 aromatic heterocycles. The molecule has 3 N–H and O–H groups in total. The zero-order chi connectivity index (χ0) is 14.8. The van der Waals surface area contributed by atoms with Crippen LogP contribution in [0, 0.1) is 0 Å². The molecule has 0 unspecified atom stereocenters. The lowest BCUT2D eigenvalue weighted by Crippen LogP contribution is -2.07. The summed E-state index contributed by atoms with van der Waals surface area (Å²) in [6.07, 6.45) is 3.79. The molecule has 0 saturated heterocycles. The van der Waals surface area contributed by atoms with Gasteiger partial charge in [-0.05, 0) is 68.5 Å². The summed E-state index contributed by atoms with van der Waals surface area (Å²) in [4.78, 5) is 0. The van der Waals surface area contributed by atoms with Gasteiger partial charge in [-0.2, -0.15) is 0 Å². The Labute approximate surface area is 126 Å². The quantitative estimate of drug-likeness (QED) is 0.822. The first-order valence-electron chi connectivity index (χ1n) is 7.57. The third-order valence-corrected chi connectivity index (χ3v) is 3.76.